The van der Waals surface area contributed by atoms with Gasteiger partial charge in [-0.25, -0.2) is 13.1 Å². The molecule has 9 nitrogen and oxygen atoms in total. The van der Waals surface area contributed by atoms with Crippen LogP contribution in [0.2, 0.25) is 0 Å². The summed E-state index contributed by atoms with van der Waals surface area (Å²) in [4.78, 5) is 12.3. The number of amidine groups is 1. The van der Waals surface area contributed by atoms with E-state index in [1.165, 1.54) is 0 Å². The standard InChI is InChI=1S/C11H22N4O5S/c1-21(18,19)14-6-2-5-13-10(16)11(9(12)15-17)3-7-20-8-4-11/h14,17H,2-8H2,1H3,(H2,12,15)(H,13,16). The molecule has 1 aliphatic rings. The second kappa shape index (κ2) is 7.57. The number of nitrogens with two attached hydrogens (primary N) is 1. The highest BCUT2D eigenvalue weighted by Gasteiger charge is 2.44. The maximum atomic E-state index is 12.3. The topological polar surface area (TPSA) is 143 Å². The van der Waals surface area contributed by atoms with Crippen molar-refractivity contribution in [2.24, 2.45) is 16.3 Å². The van der Waals surface area contributed by atoms with Crippen LogP contribution in [0.15, 0.2) is 5.16 Å². The second-order valence-corrected chi connectivity index (χ2v) is 6.79. The average Bonchev–Trinajstić information content (AvgIpc) is 2.45. The monoisotopic (exact) mass is 322 g/mol. The molecule has 0 aromatic heterocycles. The predicted molar refractivity (Wildman–Crippen MR) is 76.4 cm³/mol. The fraction of sp³-hybridized carbons (Fsp3) is 0.818. The minimum absolute atomic E-state index is 0.127. The first kappa shape index (κ1) is 17.7. The van der Waals surface area contributed by atoms with Crippen molar-refractivity contribution in [2.75, 3.05) is 32.6 Å². The van der Waals surface area contributed by atoms with Crippen molar-refractivity contribution in [3.05, 3.63) is 0 Å². The van der Waals surface area contributed by atoms with Gasteiger partial charge in [0.1, 0.15) is 5.41 Å². The van der Waals surface area contributed by atoms with Gasteiger partial charge in [-0.2, -0.15) is 0 Å². The van der Waals surface area contributed by atoms with Crippen LogP contribution < -0.4 is 15.8 Å². The van der Waals surface area contributed by atoms with Crippen molar-refractivity contribution in [3.63, 3.8) is 0 Å². The van der Waals surface area contributed by atoms with Crippen LogP contribution in [0.3, 0.4) is 0 Å². The van der Waals surface area contributed by atoms with E-state index >= 15 is 0 Å². The number of ether oxygens (including phenoxy) is 1. The van der Waals surface area contributed by atoms with Gasteiger partial charge in [-0.1, -0.05) is 5.16 Å². The van der Waals surface area contributed by atoms with Crippen LogP contribution >= 0.6 is 0 Å². The van der Waals surface area contributed by atoms with Crippen molar-refractivity contribution >= 4 is 21.8 Å². The normalized spacial score (nSPS) is 19.2. The van der Waals surface area contributed by atoms with Gasteiger partial charge >= 0.3 is 0 Å². The first-order valence-corrected chi connectivity index (χ1v) is 8.50. The van der Waals surface area contributed by atoms with Crippen molar-refractivity contribution in [1.82, 2.24) is 10.0 Å². The zero-order valence-electron chi connectivity index (χ0n) is 12.0. The summed E-state index contributed by atoms with van der Waals surface area (Å²) in [6.07, 6.45) is 2.20. The molecule has 1 fully saturated rings. The molecule has 122 valence electrons. The van der Waals surface area contributed by atoms with Crippen molar-refractivity contribution < 1.29 is 23.2 Å². The number of nitrogens with one attached hydrogen (secondary N) is 2. The number of hydrogen-bond acceptors (Lipinski definition) is 6. The molecular formula is C11H22N4O5S. The zero-order valence-corrected chi connectivity index (χ0v) is 12.8. The summed E-state index contributed by atoms with van der Waals surface area (Å²) in [6.45, 7) is 1.25. The molecule has 0 spiro atoms. The summed E-state index contributed by atoms with van der Waals surface area (Å²) in [5.74, 6) is -0.460. The Morgan fingerprint density at radius 2 is 2.00 bits per heavy atom. The summed E-state index contributed by atoms with van der Waals surface area (Å²) in [7, 11) is -3.23. The van der Waals surface area contributed by atoms with Gasteiger partial charge in [0.15, 0.2) is 5.84 Å². The fourth-order valence-electron chi connectivity index (χ4n) is 2.13. The summed E-state index contributed by atoms with van der Waals surface area (Å²) >= 11 is 0. The van der Waals surface area contributed by atoms with Gasteiger partial charge in [-0.15, -0.1) is 0 Å². The number of amides is 1. The molecule has 1 aliphatic heterocycles. The van der Waals surface area contributed by atoms with Crippen molar-refractivity contribution in [2.45, 2.75) is 19.3 Å². The smallest absolute Gasteiger partial charge is 0.234 e. The van der Waals surface area contributed by atoms with E-state index in [0.29, 0.717) is 39.0 Å². The SMILES string of the molecule is CS(=O)(=O)NCCCNC(=O)C1(C(N)=NO)CCOCC1. The number of sulfonamides is 1. The van der Waals surface area contributed by atoms with Gasteiger partial charge in [-0.3, -0.25) is 4.79 Å². The van der Waals surface area contributed by atoms with E-state index < -0.39 is 15.4 Å². The number of hydrogen-bond donors (Lipinski definition) is 4. The van der Waals surface area contributed by atoms with Crippen LogP contribution in [0.4, 0.5) is 0 Å². The Kier molecular flexibility index (Phi) is 6.37. The number of nitrogens with zero attached hydrogens (tertiary/aromatic N) is 1. The predicted octanol–water partition coefficient (Wildman–Crippen LogP) is -1.41. The minimum atomic E-state index is -3.23. The third-order valence-electron chi connectivity index (χ3n) is 3.38. The van der Waals surface area contributed by atoms with Crippen LogP contribution in [-0.2, 0) is 19.6 Å². The van der Waals surface area contributed by atoms with E-state index in [9.17, 15) is 13.2 Å². The van der Waals surface area contributed by atoms with E-state index in [-0.39, 0.29) is 18.3 Å². The van der Waals surface area contributed by atoms with Gasteiger partial charge in [0.05, 0.1) is 6.26 Å². The second-order valence-electron chi connectivity index (χ2n) is 4.96. The zero-order chi connectivity index (χ0) is 15.9. The largest absolute Gasteiger partial charge is 0.409 e. The lowest BCUT2D eigenvalue weighted by atomic mass is 9.78. The molecule has 21 heavy (non-hydrogen) atoms. The molecule has 0 unspecified atom stereocenters. The lowest BCUT2D eigenvalue weighted by Gasteiger charge is -2.34. The number of oxime groups is 1. The molecular weight excluding hydrogens is 300 g/mol. The Morgan fingerprint density at radius 1 is 1.38 bits per heavy atom. The summed E-state index contributed by atoms with van der Waals surface area (Å²) in [5, 5.41) is 14.5. The summed E-state index contributed by atoms with van der Waals surface area (Å²) in [5.41, 5.74) is 4.60. The molecule has 0 aromatic rings. The average molecular weight is 322 g/mol. The Morgan fingerprint density at radius 3 is 2.52 bits per heavy atom. The third-order valence-corrected chi connectivity index (χ3v) is 4.11. The molecule has 1 heterocycles. The first-order chi connectivity index (χ1) is 9.82. The quantitative estimate of drug-likeness (QED) is 0.149. The van der Waals surface area contributed by atoms with E-state index in [1.54, 1.807) is 0 Å². The molecule has 1 rings (SSSR count). The van der Waals surface area contributed by atoms with Crippen LogP contribution in [-0.4, -0.2) is 57.9 Å². The molecule has 0 saturated carbocycles. The van der Waals surface area contributed by atoms with Crippen LogP contribution in [0.25, 0.3) is 0 Å². The van der Waals surface area contributed by atoms with Crippen molar-refractivity contribution in [1.29, 1.82) is 0 Å². The van der Waals surface area contributed by atoms with E-state index in [2.05, 4.69) is 15.2 Å². The lowest BCUT2D eigenvalue weighted by Crippen LogP contribution is -2.53. The molecule has 0 aliphatic carbocycles. The first-order valence-electron chi connectivity index (χ1n) is 6.60. The summed E-state index contributed by atoms with van der Waals surface area (Å²) in [6, 6.07) is 0. The van der Waals surface area contributed by atoms with E-state index in [0.717, 1.165) is 6.26 Å². The Labute approximate surface area is 124 Å². The maximum Gasteiger partial charge on any atom is 0.234 e. The van der Waals surface area contributed by atoms with Crippen molar-refractivity contribution in [3.8, 4) is 0 Å². The molecule has 5 N–H and O–H groups in total. The Bertz CT molecular complexity index is 485. The number of rotatable bonds is 7. The maximum absolute atomic E-state index is 12.3. The highest BCUT2D eigenvalue weighted by molar-refractivity contribution is 7.88. The van der Waals surface area contributed by atoms with Gasteiger partial charge in [0.2, 0.25) is 15.9 Å². The Balaban J connectivity index is 2.51. The molecule has 10 heteroatoms. The fourth-order valence-corrected chi connectivity index (χ4v) is 2.65. The molecule has 0 atom stereocenters. The molecule has 0 radical (unpaired) electrons. The summed E-state index contributed by atoms with van der Waals surface area (Å²) < 4.78 is 29.3. The van der Waals surface area contributed by atoms with Crippen LogP contribution in [0.5, 0.6) is 0 Å². The van der Waals surface area contributed by atoms with Crippen LogP contribution in [0.1, 0.15) is 19.3 Å². The third kappa shape index (κ3) is 5.14. The number of carbonyl (C=O) groups excluding carboxylic acids is 1. The van der Waals surface area contributed by atoms with Gasteiger partial charge in [0.25, 0.3) is 0 Å². The highest BCUT2D eigenvalue weighted by Crippen LogP contribution is 2.31. The lowest BCUT2D eigenvalue weighted by molar-refractivity contribution is -0.131. The van der Waals surface area contributed by atoms with Gasteiger partial charge in [-0.05, 0) is 19.3 Å². The van der Waals surface area contributed by atoms with E-state index in [1.807, 2.05) is 0 Å². The minimum Gasteiger partial charge on any atom is -0.409 e. The Hall–Kier alpha value is -1.39. The van der Waals surface area contributed by atoms with E-state index in [4.69, 9.17) is 15.7 Å². The molecule has 0 bridgehead atoms. The molecule has 1 amide bonds. The van der Waals surface area contributed by atoms with Gasteiger partial charge in [0, 0.05) is 26.3 Å². The highest BCUT2D eigenvalue weighted by atomic mass is 32.2. The van der Waals surface area contributed by atoms with Gasteiger partial charge < -0.3 is 21.0 Å². The molecule has 0 aromatic carbocycles. The number of carbonyl (C=O) groups is 1. The van der Waals surface area contributed by atoms with Crippen LogP contribution in [0, 0.1) is 5.41 Å². The molecule has 1 saturated heterocycles.